The van der Waals surface area contributed by atoms with Crippen molar-refractivity contribution in [3.8, 4) is 17.6 Å². The molecular weight excluding hydrogens is 357 g/mol. The summed E-state index contributed by atoms with van der Waals surface area (Å²) in [5.74, 6) is 0.296. The highest BCUT2D eigenvalue weighted by Gasteiger charge is 2.52. The SMILES string of the molecule is CC1CC12CCN(c1c(F)ccc3c1OC(C)(c1ccc(C#N)cn1)O3)CC2. The lowest BCUT2D eigenvalue weighted by atomic mass is 9.91. The summed E-state index contributed by atoms with van der Waals surface area (Å²) in [4.78, 5) is 6.40. The van der Waals surface area contributed by atoms with Crippen molar-refractivity contribution in [3.63, 3.8) is 0 Å². The molecule has 5 rings (SSSR count). The van der Waals surface area contributed by atoms with Crippen molar-refractivity contribution in [2.75, 3.05) is 18.0 Å². The van der Waals surface area contributed by atoms with E-state index in [0.29, 0.717) is 33.9 Å². The Morgan fingerprint density at radius 1 is 1.21 bits per heavy atom. The second kappa shape index (κ2) is 5.84. The predicted octanol–water partition coefficient (Wildman–Crippen LogP) is 4.36. The van der Waals surface area contributed by atoms with Crippen molar-refractivity contribution in [2.45, 2.75) is 38.9 Å². The summed E-state index contributed by atoms with van der Waals surface area (Å²) in [6.45, 7) is 5.73. The third-order valence-electron chi connectivity index (χ3n) is 6.68. The molecule has 2 aliphatic heterocycles. The van der Waals surface area contributed by atoms with Gasteiger partial charge in [-0.1, -0.05) is 6.92 Å². The number of ether oxygens (including phenoxy) is 2. The van der Waals surface area contributed by atoms with E-state index >= 15 is 0 Å². The number of rotatable bonds is 2. The Balaban J connectivity index is 1.44. The van der Waals surface area contributed by atoms with Gasteiger partial charge in [-0.25, -0.2) is 4.39 Å². The largest absolute Gasteiger partial charge is 0.443 e. The number of piperidine rings is 1. The van der Waals surface area contributed by atoms with E-state index in [4.69, 9.17) is 14.7 Å². The zero-order valence-corrected chi connectivity index (χ0v) is 16.0. The first-order valence-corrected chi connectivity index (χ1v) is 9.76. The fourth-order valence-electron chi connectivity index (χ4n) is 4.68. The number of fused-ring (bicyclic) bond motifs is 1. The van der Waals surface area contributed by atoms with Crippen molar-refractivity contribution in [3.05, 3.63) is 47.5 Å². The molecule has 0 N–H and O–H groups in total. The van der Waals surface area contributed by atoms with Gasteiger partial charge in [0.15, 0.2) is 17.3 Å². The van der Waals surface area contributed by atoms with Gasteiger partial charge in [0.05, 0.1) is 5.56 Å². The number of benzene rings is 1. The van der Waals surface area contributed by atoms with E-state index in [-0.39, 0.29) is 5.82 Å². The second-order valence-electron chi connectivity index (χ2n) is 8.37. The van der Waals surface area contributed by atoms with Crippen molar-refractivity contribution in [1.29, 1.82) is 5.26 Å². The first kappa shape index (κ1) is 17.3. The molecule has 0 amide bonds. The molecule has 0 radical (unpaired) electrons. The molecule has 1 aliphatic carbocycles. The molecule has 1 saturated heterocycles. The van der Waals surface area contributed by atoms with E-state index in [0.717, 1.165) is 31.8 Å². The van der Waals surface area contributed by atoms with E-state index in [1.54, 1.807) is 25.1 Å². The Bertz CT molecular complexity index is 977. The molecule has 3 aliphatic rings. The molecule has 5 nitrogen and oxygen atoms in total. The number of pyridine rings is 1. The van der Waals surface area contributed by atoms with Gasteiger partial charge in [-0.15, -0.1) is 0 Å². The average Bonchev–Trinajstić information content (AvgIpc) is 3.17. The van der Waals surface area contributed by atoms with Gasteiger partial charge in [-0.2, -0.15) is 5.26 Å². The molecular formula is C22H22FN3O2. The quantitative estimate of drug-likeness (QED) is 0.776. The number of nitriles is 1. The van der Waals surface area contributed by atoms with Crippen LogP contribution in [-0.2, 0) is 5.79 Å². The summed E-state index contributed by atoms with van der Waals surface area (Å²) in [6, 6.07) is 8.48. The number of hydrogen-bond donors (Lipinski definition) is 0. The maximum atomic E-state index is 14.8. The normalized spacial score (nSPS) is 26.9. The summed E-state index contributed by atoms with van der Waals surface area (Å²) in [7, 11) is 0. The monoisotopic (exact) mass is 379 g/mol. The zero-order valence-electron chi connectivity index (χ0n) is 16.0. The molecule has 28 heavy (non-hydrogen) atoms. The van der Waals surface area contributed by atoms with Gasteiger partial charge in [-0.3, -0.25) is 4.98 Å². The van der Waals surface area contributed by atoms with Crippen molar-refractivity contribution in [1.82, 2.24) is 4.98 Å². The van der Waals surface area contributed by atoms with Crippen LogP contribution >= 0.6 is 0 Å². The van der Waals surface area contributed by atoms with Crippen LogP contribution in [0.5, 0.6) is 11.5 Å². The van der Waals surface area contributed by atoms with Crippen LogP contribution in [0.3, 0.4) is 0 Å². The zero-order chi connectivity index (χ0) is 19.5. The molecule has 6 heteroatoms. The third-order valence-corrected chi connectivity index (χ3v) is 6.68. The number of anilines is 1. The molecule has 2 unspecified atom stereocenters. The van der Waals surface area contributed by atoms with Gasteiger partial charge in [0.2, 0.25) is 0 Å². The molecule has 1 aromatic carbocycles. The van der Waals surface area contributed by atoms with Crippen LogP contribution in [0.1, 0.15) is 44.4 Å². The Labute approximate surface area is 163 Å². The lowest BCUT2D eigenvalue weighted by Gasteiger charge is -2.35. The summed E-state index contributed by atoms with van der Waals surface area (Å²) in [6.07, 6.45) is 4.95. The second-order valence-corrected chi connectivity index (χ2v) is 8.37. The molecule has 2 atom stereocenters. The number of nitrogens with zero attached hydrogens (tertiary/aromatic N) is 3. The van der Waals surface area contributed by atoms with Gasteiger partial charge >= 0.3 is 0 Å². The van der Waals surface area contributed by atoms with Crippen molar-refractivity contribution >= 4 is 5.69 Å². The smallest absolute Gasteiger partial charge is 0.292 e. The van der Waals surface area contributed by atoms with E-state index in [9.17, 15) is 4.39 Å². The minimum Gasteiger partial charge on any atom is -0.443 e. The fourth-order valence-corrected chi connectivity index (χ4v) is 4.68. The van der Waals surface area contributed by atoms with Crippen LogP contribution in [0.15, 0.2) is 30.5 Å². The third kappa shape index (κ3) is 2.53. The molecule has 1 spiro atoms. The minimum absolute atomic E-state index is 0.292. The predicted molar refractivity (Wildman–Crippen MR) is 102 cm³/mol. The van der Waals surface area contributed by atoms with Crippen LogP contribution in [0, 0.1) is 28.5 Å². The molecule has 2 aromatic rings. The average molecular weight is 379 g/mol. The minimum atomic E-state index is -1.15. The van der Waals surface area contributed by atoms with E-state index in [1.807, 2.05) is 6.07 Å². The standard InChI is InChI=1S/C22H22FN3O2/c1-14-11-22(14)7-9-26(10-8-22)19-16(23)4-5-17-20(19)28-21(2,27-17)18-6-3-15(12-24)13-25-18/h3-6,13-14H,7-11H2,1-2H3. The number of hydrogen-bond acceptors (Lipinski definition) is 5. The Kier molecular flexibility index (Phi) is 3.61. The Morgan fingerprint density at radius 3 is 2.57 bits per heavy atom. The van der Waals surface area contributed by atoms with Gasteiger partial charge in [-0.05, 0) is 54.9 Å². The lowest BCUT2D eigenvalue weighted by Crippen LogP contribution is -2.36. The highest BCUT2D eigenvalue weighted by atomic mass is 19.1. The van der Waals surface area contributed by atoms with Crippen LogP contribution < -0.4 is 14.4 Å². The Morgan fingerprint density at radius 2 is 1.96 bits per heavy atom. The van der Waals surface area contributed by atoms with Crippen LogP contribution in [0.25, 0.3) is 0 Å². The number of halogens is 1. The fraction of sp³-hybridized carbons (Fsp3) is 0.455. The van der Waals surface area contributed by atoms with Gasteiger partial charge in [0, 0.05) is 26.2 Å². The first-order chi connectivity index (χ1) is 13.4. The molecule has 2 fully saturated rings. The maximum Gasteiger partial charge on any atom is 0.292 e. The molecule has 0 bridgehead atoms. The Hall–Kier alpha value is -2.81. The van der Waals surface area contributed by atoms with E-state index in [1.165, 1.54) is 18.7 Å². The van der Waals surface area contributed by atoms with Gasteiger partial charge in [0.1, 0.15) is 17.5 Å². The van der Waals surface area contributed by atoms with E-state index in [2.05, 4.69) is 16.8 Å². The highest BCUT2D eigenvalue weighted by Crippen LogP contribution is 2.60. The van der Waals surface area contributed by atoms with Crippen molar-refractivity contribution < 1.29 is 13.9 Å². The maximum absolute atomic E-state index is 14.8. The molecule has 3 heterocycles. The summed E-state index contributed by atoms with van der Waals surface area (Å²) >= 11 is 0. The first-order valence-electron chi connectivity index (χ1n) is 9.76. The van der Waals surface area contributed by atoms with E-state index < -0.39 is 5.79 Å². The van der Waals surface area contributed by atoms with Gasteiger partial charge in [0.25, 0.3) is 5.79 Å². The summed E-state index contributed by atoms with van der Waals surface area (Å²) in [5.41, 5.74) is 1.96. The topological polar surface area (TPSA) is 58.4 Å². The molecule has 1 saturated carbocycles. The molecule has 144 valence electrons. The lowest BCUT2D eigenvalue weighted by molar-refractivity contribution is -0.0716. The summed E-state index contributed by atoms with van der Waals surface area (Å²) in [5, 5.41) is 8.97. The van der Waals surface area contributed by atoms with Crippen LogP contribution in [0.2, 0.25) is 0 Å². The molecule has 1 aromatic heterocycles. The van der Waals surface area contributed by atoms with Crippen LogP contribution in [-0.4, -0.2) is 18.1 Å². The van der Waals surface area contributed by atoms with Crippen LogP contribution in [0.4, 0.5) is 10.1 Å². The highest BCUT2D eigenvalue weighted by molar-refractivity contribution is 5.67. The summed E-state index contributed by atoms with van der Waals surface area (Å²) < 4.78 is 27.0. The van der Waals surface area contributed by atoms with Crippen molar-refractivity contribution in [2.24, 2.45) is 11.3 Å². The van der Waals surface area contributed by atoms with Gasteiger partial charge < -0.3 is 14.4 Å². The number of aromatic nitrogens is 1.